The molecular formula is C17H23N9. The first-order chi connectivity index (χ1) is 12.6. The number of anilines is 1. The highest BCUT2D eigenvalue weighted by atomic mass is 15.6. The highest BCUT2D eigenvalue weighted by Crippen LogP contribution is 2.40. The zero-order chi connectivity index (χ0) is 18.1. The van der Waals surface area contributed by atoms with Crippen molar-refractivity contribution in [2.75, 3.05) is 4.90 Å². The highest BCUT2D eigenvalue weighted by molar-refractivity contribution is 6.05. The summed E-state index contributed by atoms with van der Waals surface area (Å²) in [6, 6.07) is 7.93. The lowest BCUT2D eigenvalue weighted by atomic mass is 9.87. The lowest BCUT2D eigenvalue weighted by molar-refractivity contribution is 0.305. The van der Waals surface area contributed by atoms with Crippen LogP contribution < -0.4 is 16.4 Å². The van der Waals surface area contributed by atoms with Crippen molar-refractivity contribution >= 4 is 17.6 Å². The number of aliphatic imine (C=N–C) groups is 2. The predicted octanol–water partition coefficient (Wildman–Crippen LogP) is 1.47. The summed E-state index contributed by atoms with van der Waals surface area (Å²) in [5.41, 5.74) is 13.6. The van der Waals surface area contributed by atoms with Crippen LogP contribution >= 0.6 is 0 Å². The molecule has 1 aromatic carbocycles. The normalized spacial score (nSPS) is 19.3. The number of aromatic nitrogens is 4. The molecule has 0 radical (unpaired) electrons. The van der Waals surface area contributed by atoms with E-state index in [1.165, 1.54) is 6.42 Å². The Balaban J connectivity index is 1.75. The minimum atomic E-state index is -0.457. The Morgan fingerprint density at radius 1 is 1.15 bits per heavy atom. The molecule has 2 heterocycles. The monoisotopic (exact) mass is 353 g/mol. The fraction of sp³-hybridized carbons (Fsp3) is 0.471. The third-order valence-electron chi connectivity index (χ3n) is 4.95. The first-order valence-electron chi connectivity index (χ1n) is 8.99. The molecule has 1 saturated carbocycles. The van der Waals surface area contributed by atoms with E-state index in [9.17, 15) is 0 Å². The van der Waals surface area contributed by atoms with Crippen LogP contribution in [0.3, 0.4) is 0 Å². The smallest absolute Gasteiger partial charge is 0.220 e. The quantitative estimate of drug-likeness (QED) is 0.861. The maximum absolute atomic E-state index is 6.29. The van der Waals surface area contributed by atoms with Crippen molar-refractivity contribution in [3.05, 3.63) is 24.3 Å². The first kappa shape index (κ1) is 16.5. The molecule has 9 nitrogen and oxygen atoms in total. The number of nitrogens with two attached hydrogens (primary N) is 2. The van der Waals surface area contributed by atoms with Gasteiger partial charge in [-0.2, -0.15) is 9.79 Å². The van der Waals surface area contributed by atoms with Crippen LogP contribution in [0.1, 0.15) is 39.0 Å². The van der Waals surface area contributed by atoms with Gasteiger partial charge in [0.15, 0.2) is 0 Å². The van der Waals surface area contributed by atoms with Crippen molar-refractivity contribution < 1.29 is 0 Å². The van der Waals surface area contributed by atoms with Crippen molar-refractivity contribution in [3.63, 3.8) is 0 Å². The van der Waals surface area contributed by atoms with E-state index in [0.717, 1.165) is 36.9 Å². The Hall–Kier alpha value is -2.97. The molecule has 1 aromatic heterocycles. The third-order valence-corrected chi connectivity index (χ3v) is 4.95. The average molecular weight is 353 g/mol. The van der Waals surface area contributed by atoms with Gasteiger partial charge in [0.25, 0.3) is 0 Å². The van der Waals surface area contributed by atoms with E-state index in [1.807, 2.05) is 36.1 Å². The number of tetrazole rings is 1. The van der Waals surface area contributed by atoms with Crippen LogP contribution in [0.5, 0.6) is 0 Å². The van der Waals surface area contributed by atoms with Gasteiger partial charge in [-0.05, 0) is 50.0 Å². The summed E-state index contributed by atoms with van der Waals surface area (Å²) in [6.45, 7) is 2.65. The zero-order valence-corrected chi connectivity index (χ0v) is 14.8. The summed E-state index contributed by atoms with van der Waals surface area (Å²) in [5, 5.41) is 12.6. The number of aryl methyl sites for hydroxylation is 1. The SMILES string of the molecule is CCn1nnc(-c2cccc(N3C(N)=NC(N)=NC34CCCCC4)c2)n1. The van der Waals surface area contributed by atoms with Crippen LogP contribution in [0, 0.1) is 0 Å². The molecule has 4 rings (SSSR count). The van der Waals surface area contributed by atoms with Gasteiger partial charge >= 0.3 is 0 Å². The zero-order valence-electron chi connectivity index (χ0n) is 14.8. The van der Waals surface area contributed by atoms with E-state index in [2.05, 4.69) is 20.4 Å². The second-order valence-corrected chi connectivity index (χ2v) is 6.67. The van der Waals surface area contributed by atoms with E-state index < -0.39 is 5.66 Å². The van der Waals surface area contributed by atoms with Crippen LogP contribution in [0.25, 0.3) is 11.4 Å². The Labute approximate surface area is 151 Å². The lowest BCUT2D eigenvalue weighted by Gasteiger charge is -2.45. The molecule has 1 fully saturated rings. The molecule has 1 aliphatic carbocycles. The van der Waals surface area contributed by atoms with Crippen molar-refractivity contribution in [3.8, 4) is 11.4 Å². The van der Waals surface area contributed by atoms with Gasteiger partial charge in [0.1, 0.15) is 5.66 Å². The molecule has 0 atom stereocenters. The molecular weight excluding hydrogens is 330 g/mol. The lowest BCUT2D eigenvalue weighted by Crippen LogP contribution is -2.58. The van der Waals surface area contributed by atoms with E-state index in [1.54, 1.807) is 4.80 Å². The summed E-state index contributed by atoms with van der Waals surface area (Å²) in [5.74, 6) is 1.22. The standard InChI is InChI=1S/C17H23N9/c1-2-25-23-14(22-24-25)12-7-6-8-13(11-12)26-16(19)20-15(18)21-17(26)9-4-3-5-10-17/h6-8,11H,2-5,9-10H2,1H3,(H4,18,19,20,21). The Bertz CT molecular complexity index is 861. The van der Waals surface area contributed by atoms with E-state index >= 15 is 0 Å². The molecule has 136 valence electrons. The molecule has 2 aromatic rings. The van der Waals surface area contributed by atoms with Crippen LogP contribution in [-0.2, 0) is 6.54 Å². The maximum atomic E-state index is 6.29. The molecule has 1 aliphatic heterocycles. The average Bonchev–Trinajstić information content (AvgIpc) is 3.11. The van der Waals surface area contributed by atoms with Crippen molar-refractivity contribution in [1.29, 1.82) is 0 Å². The third kappa shape index (κ3) is 2.79. The second kappa shape index (κ2) is 6.40. The van der Waals surface area contributed by atoms with Gasteiger partial charge in [-0.3, -0.25) is 4.90 Å². The van der Waals surface area contributed by atoms with Crippen molar-refractivity contribution in [2.24, 2.45) is 21.5 Å². The molecule has 4 N–H and O–H groups in total. The number of hydrogen-bond donors (Lipinski definition) is 2. The molecule has 0 saturated heterocycles. The van der Waals surface area contributed by atoms with Crippen molar-refractivity contribution in [2.45, 2.75) is 51.2 Å². The summed E-state index contributed by atoms with van der Waals surface area (Å²) in [6.07, 6.45) is 5.18. The molecule has 1 spiro atoms. The number of rotatable bonds is 3. The van der Waals surface area contributed by atoms with Crippen LogP contribution in [-0.4, -0.2) is 37.8 Å². The minimum absolute atomic E-state index is 0.254. The van der Waals surface area contributed by atoms with Crippen molar-refractivity contribution in [1.82, 2.24) is 20.2 Å². The van der Waals surface area contributed by atoms with Gasteiger partial charge < -0.3 is 11.5 Å². The largest absolute Gasteiger partial charge is 0.369 e. The number of nitrogens with zero attached hydrogens (tertiary/aromatic N) is 7. The summed E-state index contributed by atoms with van der Waals surface area (Å²) in [4.78, 5) is 12.5. The molecule has 2 aliphatic rings. The van der Waals surface area contributed by atoms with E-state index in [-0.39, 0.29) is 5.96 Å². The van der Waals surface area contributed by atoms with Gasteiger partial charge in [0.2, 0.25) is 17.7 Å². The summed E-state index contributed by atoms with van der Waals surface area (Å²) < 4.78 is 0. The van der Waals surface area contributed by atoms with Gasteiger partial charge in [-0.1, -0.05) is 18.6 Å². The Morgan fingerprint density at radius 3 is 2.69 bits per heavy atom. The molecule has 0 bridgehead atoms. The molecule has 26 heavy (non-hydrogen) atoms. The van der Waals surface area contributed by atoms with Crippen LogP contribution in [0.15, 0.2) is 34.3 Å². The van der Waals surface area contributed by atoms with E-state index in [4.69, 9.17) is 16.5 Å². The summed E-state index contributed by atoms with van der Waals surface area (Å²) >= 11 is 0. The fourth-order valence-electron chi connectivity index (χ4n) is 3.77. The molecule has 9 heteroatoms. The van der Waals surface area contributed by atoms with Gasteiger partial charge in [-0.15, -0.1) is 10.2 Å². The number of benzene rings is 1. The van der Waals surface area contributed by atoms with E-state index in [0.29, 0.717) is 18.3 Å². The maximum Gasteiger partial charge on any atom is 0.220 e. The highest BCUT2D eigenvalue weighted by Gasteiger charge is 2.42. The van der Waals surface area contributed by atoms with Gasteiger partial charge in [0, 0.05) is 11.3 Å². The molecule has 0 unspecified atom stereocenters. The molecule has 0 amide bonds. The predicted molar refractivity (Wildman–Crippen MR) is 100 cm³/mol. The number of guanidine groups is 2. The minimum Gasteiger partial charge on any atom is -0.369 e. The number of hydrogen-bond acceptors (Lipinski definition) is 8. The fourth-order valence-corrected chi connectivity index (χ4v) is 3.77. The second-order valence-electron chi connectivity index (χ2n) is 6.67. The summed E-state index contributed by atoms with van der Waals surface area (Å²) in [7, 11) is 0. The Kier molecular flexibility index (Phi) is 4.06. The topological polar surface area (TPSA) is 124 Å². The van der Waals surface area contributed by atoms with Gasteiger partial charge in [0.05, 0.1) is 6.54 Å². The van der Waals surface area contributed by atoms with Crippen LogP contribution in [0.2, 0.25) is 0 Å². The Morgan fingerprint density at radius 2 is 1.96 bits per heavy atom. The first-order valence-corrected chi connectivity index (χ1v) is 8.99. The van der Waals surface area contributed by atoms with Crippen LogP contribution in [0.4, 0.5) is 5.69 Å². The van der Waals surface area contributed by atoms with Gasteiger partial charge in [-0.25, -0.2) is 4.99 Å².